The van der Waals surface area contributed by atoms with E-state index in [0.29, 0.717) is 24.7 Å². The molecule has 2 saturated heterocycles. The van der Waals surface area contributed by atoms with Crippen molar-refractivity contribution in [2.24, 2.45) is 17.3 Å². The second-order valence-corrected chi connectivity index (χ2v) is 14.8. The fraction of sp³-hybridized carbons (Fsp3) is 0.545. The van der Waals surface area contributed by atoms with E-state index >= 15 is 0 Å². The highest BCUT2D eigenvalue weighted by molar-refractivity contribution is 6.31. The van der Waals surface area contributed by atoms with Gasteiger partial charge in [-0.05, 0) is 81.8 Å². The summed E-state index contributed by atoms with van der Waals surface area (Å²) in [5.41, 5.74) is 4.55. The van der Waals surface area contributed by atoms with Gasteiger partial charge in [0.05, 0.1) is 29.6 Å². The van der Waals surface area contributed by atoms with Crippen LogP contribution in [0, 0.1) is 24.2 Å². The van der Waals surface area contributed by atoms with Crippen LogP contribution < -0.4 is 0 Å². The van der Waals surface area contributed by atoms with E-state index in [1.165, 1.54) is 11.2 Å². The zero-order chi connectivity index (χ0) is 31.9. The second-order valence-electron chi connectivity index (χ2n) is 14.3. The van der Waals surface area contributed by atoms with Crippen LogP contribution in [0.2, 0.25) is 5.02 Å². The van der Waals surface area contributed by atoms with Gasteiger partial charge in [0, 0.05) is 48.5 Å². The second kappa shape index (κ2) is 10.5. The van der Waals surface area contributed by atoms with Crippen LogP contribution in [-0.4, -0.2) is 78.0 Å². The molecule has 234 valence electrons. The highest BCUT2D eigenvalue weighted by Crippen LogP contribution is 2.63. The number of piperidine rings is 1. The lowest BCUT2D eigenvalue weighted by Gasteiger charge is -2.44. The third-order valence-electron chi connectivity index (χ3n) is 9.48. The Hall–Kier alpha value is -3.50. The molecule has 3 fully saturated rings. The maximum absolute atomic E-state index is 13.0. The summed E-state index contributed by atoms with van der Waals surface area (Å²) in [4.78, 5) is 49.1. The molecule has 2 aromatic heterocycles. The Balaban J connectivity index is 1.28. The van der Waals surface area contributed by atoms with Gasteiger partial charge in [0.15, 0.2) is 0 Å². The number of rotatable bonds is 5. The number of amides is 3. The summed E-state index contributed by atoms with van der Waals surface area (Å²) >= 11 is 6.62. The number of piperazine rings is 1. The first-order chi connectivity index (χ1) is 20.6. The van der Waals surface area contributed by atoms with Crippen molar-refractivity contribution in [2.45, 2.75) is 86.2 Å². The Morgan fingerprint density at radius 3 is 2.30 bits per heavy atom. The van der Waals surface area contributed by atoms with Crippen LogP contribution in [0.4, 0.5) is 4.79 Å². The van der Waals surface area contributed by atoms with Crippen molar-refractivity contribution in [3.8, 4) is 11.3 Å². The van der Waals surface area contributed by atoms with Crippen LogP contribution in [0.1, 0.15) is 65.2 Å². The van der Waals surface area contributed by atoms with Gasteiger partial charge < -0.3 is 9.64 Å². The van der Waals surface area contributed by atoms with Crippen LogP contribution in [0.5, 0.6) is 0 Å². The molecule has 0 radical (unpaired) electrons. The molecule has 2 unspecified atom stereocenters. The first kappa shape index (κ1) is 30.5. The van der Waals surface area contributed by atoms with Gasteiger partial charge in [-0.2, -0.15) is 5.10 Å². The van der Waals surface area contributed by atoms with E-state index in [0.717, 1.165) is 33.5 Å². The topological polar surface area (TPSA) is 100 Å². The molecule has 0 spiro atoms. The molecule has 4 atom stereocenters. The molecule has 3 amide bonds. The molecule has 3 aromatic rings. The van der Waals surface area contributed by atoms with Crippen LogP contribution >= 0.6 is 11.6 Å². The molecule has 10 nitrogen and oxygen atoms in total. The molecule has 2 aliphatic heterocycles. The largest absolute Gasteiger partial charge is 0.444 e. The molecule has 3 aliphatic rings. The Morgan fingerprint density at radius 1 is 1.05 bits per heavy atom. The van der Waals surface area contributed by atoms with Crippen LogP contribution in [0.15, 0.2) is 30.7 Å². The molecule has 0 bridgehead atoms. The number of hydrogen-bond acceptors (Lipinski definition) is 7. The van der Waals surface area contributed by atoms with E-state index in [1.807, 2.05) is 59.0 Å². The van der Waals surface area contributed by atoms with Gasteiger partial charge in [0.25, 0.3) is 0 Å². The lowest BCUT2D eigenvalue weighted by atomic mass is 9.96. The third kappa shape index (κ3) is 5.26. The number of nitrogens with zero attached hydrogens (tertiary/aromatic N) is 6. The number of aromatic nitrogens is 3. The van der Waals surface area contributed by atoms with Gasteiger partial charge in [-0.25, -0.2) is 14.3 Å². The number of fused-ring (bicyclic) bond motifs is 2. The zero-order valence-electron chi connectivity index (χ0n) is 26.7. The maximum Gasteiger partial charge on any atom is 0.410 e. The summed E-state index contributed by atoms with van der Waals surface area (Å²) in [7, 11) is 0. The van der Waals surface area contributed by atoms with Gasteiger partial charge in [-0.3, -0.25) is 19.4 Å². The van der Waals surface area contributed by atoms with E-state index in [9.17, 15) is 14.4 Å². The zero-order valence-corrected chi connectivity index (χ0v) is 27.5. The van der Waals surface area contributed by atoms with Gasteiger partial charge in [0.1, 0.15) is 11.9 Å². The Bertz CT molecular complexity index is 1640. The molecule has 6 rings (SSSR count). The highest BCUT2D eigenvalue weighted by atomic mass is 35.5. The highest BCUT2D eigenvalue weighted by Gasteiger charge is 2.72. The number of carbonyl (C=O) groups excluding carboxylic acids is 3. The fourth-order valence-corrected chi connectivity index (χ4v) is 7.41. The van der Waals surface area contributed by atoms with Gasteiger partial charge >= 0.3 is 6.09 Å². The SMILES string of the molecule is Cc1cc(Cl)cc(-c2ncnn3cc(CN4C(=O)C5C(C4=O)C5(C)C)cc23)c1CN1[C@@H](C)CN(C(=O)OC(C)(C)C)C[C@@H]1C. The lowest BCUT2D eigenvalue weighted by molar-refractivity contribution is -0.143. The quantitative estimate of drug-likeness (QED) is 0.356. The molecule has 11 heteroatoms. The number of hydrogen-bond donors (Lipinski definition) is 0. The van der Waals surface area contributed by atoms with Crippen LogP contribution in [0.3, 0.4) is 0 Å². The normalized spacial score (nSPS) is 25.1. The smallest absolute Gasteiger partial charge is 0.410 e. The van der Waals surface area contributed by atoms with Crippen molar-refractivity contribution in [2.75, 3.05) is 13.1 Å². The minimum Gasteiger partial charge on any atom is -0.444 e. The molecule has 44 heavy (non-hydrogen) atoms. The number of likely N-dealkylation sites (tertiary alicyclic amines) is 1. The van der Waals surface area contributed by atoms with Crippen molar-refractivity contribution in [3.05, 3.63) is 52.4 Å². The molecule has 1 aliphatic carbocycles. The molecule has 0 N–H and O–H groups in total. The number of ether oxygens (including phenoxy) is 1. The van der Waals surface area contributed by atoms with Crippen molar-refractivity contribution < 1.29 is 19.1 Å². The molecular weight excluding hydrogens is 580 g/mol. The lowest BCUT2D eigenvalue weighted by Crippen LogP contribution is -2.58. The van der Waals surface area contributed by atoms with Crippen molar-refractivity contribution in [1.82, 2.24) is 29.3 Å². The number of halogens is 1. The Kier molecular flexibility index (Phi) is 7.32. The predicted molar refractivity (Wildman–Crippen MR) is 167 cm³/mol. The van der Waals surface area contributed by atoms with Crippen molar-refractivity contribution in [3.63, 3.8) is 0 Å². The average molecular weight is 621 g/mol. The van der Waals surface area contributed by atoms with Crippen molar-refractivity contribution >= 4 is 35.0 Å². The van der Waals surface area contributed by atoms with Gasteiger partial charge in [-0.1, -0.05) is 25.4 Å². The summed E-state index contributed by atoms with van der Waals surface area (Å²) in [6.45, 7) is 17.9. The van der Waals surface area contributed by atoms with Crippen LogP contribution in [0.25, 0.3) is 16.8 Å². The summed E-state index contributed by atoms with van der Waals surface area (Å²) in [6.07, 6.45) is 3.08. The summed E-state index contributed by atoms with van der Waals surface area (Å²) in [6, 6.07) is 6.04. The Morgan fingerprint density at radius 2 is 1.68 bits per heavy atom. The van der Waals surface area contributed by atoms with E-state index in [-0.39, 0.29) is 53.8 Å². The summed E-state index contributed by atoms with van der Waals surface area (Å²) in [5, 5.41) is 5.04. The molecule has 4 heterocycles. The number of aryl methyl sites for hydroxylation is 1. The van der Waals surface area contributed by atoms with Crippen LogP contribution in [-0.2, 0) is 27.4 Å². The van der Waals surface area contributed by atoms with E-state index in [4.69, 9.17) is 21.3 Å². The fourth-order valence-electron chi connectivity index (χ4n) is 7.14. The summed E-state index contributed by atoms with van der Waals surface area (Å²) in [5.74, 6) is -0.603. The van der Waals surface area contributed by atoms with Gasteiger partial charge in [0.2, 0.25) is 11.8 Å². The van der Waals surface area contributed by atoms with E-state index in [1.54, 1.807) is 9.42 Å². The molecule has 1 aromatic carbocycles. The number of imide groups is 1. The van der Waals surface area contributed by atoms with E-state index < -0.39 is 5.60 Å². The minimum atomic E-state index is -0.547. The number of benzene rings is 1. The monoisotopic (exact) mass is 620 g/mol. The van der Waals surface area contributed by atoms with Gasteiger partial charge in [-0.15, -0.1) is 0 Å². The Labute approximate surface area is 263 Å². The van der Waals surface area contributed by atoms with Crippen molar-refractivity contribution in [1.29, 1.82) is 0 Å². The van der Waals surface area contributed by atoms with E-state index in [2.05, 4.69) is 30.8 Å². The first-order valence-electron chi connectivity index (χ1n) is 15.3. The average Bonchev–Trinajstić information content (AvgIpc) is 3.15. The predicted octanol–water partition coefficient (Wildman–Crippen LogP) is 5.33. The molecule has 1 saturated carbocycles. The third-order valence-corrected chi connectivity index (χ3v) is 9.70. The number of carbonyl (C=O) groups is 3. The minimum absolute atomic E-state index is 0.0886. The first-order valence-corrected chi connectivity index (χ1v) is 15.6. The standard InChI is InChI=1S/C33H41ClN6O4/c1-18-9-22(34)11-23(24(18)16-38-19(2)12-37(13-20(38)3)31(43)44-32(4,5)6)28-25-10-21(15-40(25)36-17-35-28)14-39-29(41)26-27(30(39)42)33(26,7)8/h9-11,15,17,19-20,26-27H,12-14,16H2,1-8H3/t19-,20-,26?,27?/m0/s1. The molecular formula is C33H41ClN6O4. The maximum atomic E-state index is 13.0. The summed E-state index contributed by atoms with van der Waals surface area (Å²) < 4.78 is 7.39.